The van der Waals surface area contributed by atoms with Crippen molar-refractivity contribution in [3.63, 3.8) is 0 Å². The van der Waals surface area contributed by atoms with E-state index in [1.54, 1.807) is 13.8 Å². The number of hydrogen-bond acceptors (Lipinski definition) is 4. The molecule has 0 fully saturated rings. The topological polar surface area (TPSA) is 77.8 Å². The van der Waals surface area contributed by atoms with Crippen LogP contribution in [0.25, 0.3) is 10.9 Å². The first-order valence-corrected chi connectivity index (χ1v) is 10.3. The molecule has 0 amide bonds. The van der Waals surface area contributed by atoms with Crippen molar-refractivity contribution in [2.75, 3.05) is 7.11 Å². The maximum atomic E-state index is 14.6. The fourth-order valence-corrected chi connectivity index (χ4v) is 4.05. The Labute approximate surface area is 188 Å². The lowest BCUT2D eigenvalue weighted by Crippen LogP contribution is -2.21. The van der Waals surface area contributed by atoms with Crippen LogP contribution >= 0.6 is 0 Å². The van der Waals surface area contributed by atoms with Crippen LogP contribution in [-0.2, 0) is 4.79 Å². The maximum absolute atomic E-state index is 14.6. The molecule has 0 aliphatic carbocycles. The Kier molecular flexibility index (Phi) is 7.00. The molecule has 1 N–H and O–H groups in total. The third-order valence-corrected chi connectivity index (χ3v) is 5.85. The summed E-state index contributed by atoms with van der Waals surface area (Å²) in [5.41, 5.74) is 1.07. The van der Waals surface area contributed by atoms with Crippen molar-refractivity contribution in [1.82, 2.24) is 4.57 Å². The van der Waals surface area contributed by atoms with E-state index in [1.165, 1.54) is 42.0 Å². The van der Waals surface area contributed by atoms with Gasteiger partial charge in [-0.1, -0.05) is 20.3 Å². The fraction of sp³-hybridized carbons (Fsp3) is 0.333. The average Bonchev–Trinajstić information content (AvgIpc) is 3.03. The Morgan fingerprint density at radius 2 is 1.79 bits per heavy atom. The minimum atomic E-state index is -3.00. The van der Waals surface area contributed by atoms with Crippen molar-refractivity contribution in [3.8, 4) is 11.5 Å². The molecule has 3 aromatic rings. The molecule has 6 nitrogen and oxygen atoms in total. The highest BCUT2D eigenvalue weighted by atomic mass is 19.3. The van der Waals surface area contributed by atoms with Crippen LogP contribution in [0.2, 0.25) is 0 Å². The smallest absolute Gasteiger partial charge is 0.387 e. The van der Waals surface area contributed by atoms with Gasteiger partial charge >= 0.3 is 12.6 Å². The van der Waals surface area contributed by atoms with Gasteiger partial charge in [0.2, 0.25) is 0 Å². The second kappa shape index (κ2) is 9.56. The zero-order chi connectivity index (χ0) is 24.4. The van der Waals surface area contributed by atoms with E-state index in [1.807, 2.05) is 6.92 Å². The molecule has 0 radical (unpaired) electrons. The van der Waals surface area contributed by atoms with E-state index in [2.05, 4.69) is 4.74 Å². The summed E-state index contributed by atoms with van der Waals surface area (Å²) in [4.78, 5) is 25.6. The average molecular weight is 463 g/mol. The summed E-state index contributed by atoms with van der Waals surface area (Å²) in [5, 5.41) is 10.4. The van der Waals surface area contributed by atoms with Crippen molar-refractivity contribution in [1.29, 1.82) is 0 Å². The van der Waals surface area contributed by atoms with E-state index < -0.39 is 30.2 Å². The first-order valence-electron chi connectivity index (χ1n) is 10.3. The standard InChI is InChI=1S/C24H24F3NO5/c1-5-12(2)20(23(30)31)21-13(3)28(18-11-17(25)19(32-4)10-16(18)21)22(29)14-6-8-15(9-7-14)33-24(26)27/h6-12,20,24H,5H2,1-4H3,(H,30,31). The van der Waals surface area contributed by atoms with Gasteiger partial charge in [0.25, 0.3) is 5.91 Å². The van der Waals surface area contributed by atoms with E-state index in [9.17, 15) is 27.9 Å². The van der Waals surface area contributed by atoms with Crippen LogP contribution in [0, 0.1) is 18.7 Å². The number of hydrogen-bond donors (Lipinski definition) is 1. The van der Waals surface area contributed by atoms with E-state index in [0.717, 1.165) is 6.07 Å². The lowest BCUT2D eigenvalue weighted by Gasteiger charge is -2.20. The summed E-state index contributed by atoms with van der Waals surface area (Å²) in [6, 6.07) is 7.61. The van der Waals surface area contributed by atoms with Crippen LogP contribution in [0.4, 0.5) is 13.2 Å². The van der Waals surface area contributed by atoms with Gasteiger partial charge in [-0.3, -0.25) is 14.2 Å². The molecule has 2 atom stereocenters. The number of aromatic nitrogens is 1. The lowest BCUT2D eigenvalue weighted by atomic mass is 9.84. The third-order valence-electron chi connectivity index (χ3n) is 5.85. The molecule has 0 saturated heterocycles. The number of rotatable bonds is 8. The molecule has 9 heteroatoms. The monoisotopic (exact) mass is 463 g/mol. The Bertz CT molecular complexity index is 1190. The summed E-state index contributed by atoms with van der Waals surface area (Å²) < 4.78 is 50.1. The number of aliphatic carboxylic acids is 1. The number of methoxy groups -OCH3 is 1. The summed E-state index contributed by atoms with van der Waals surface area (Å²) in [6.45, 7) is 2.26. The number of carboxylic acid groups (broad SMARTS) is 1. The van der Waals surface area contributed by atoms with Crippen LogP contribution in [-0.4, -0.2) is 35.3 Å². The van der Waals surface area contributed by atoms with Crippen LogP contribution in [0.5, 0.6) is 11.5 Å². The largest absolute Gasteiger partial charge is 0.494 e. The minimum Gasteiger partial charge on any atom is -0.494 e. The quantitative estimate of drug-likeness (QED) is 0.470. The molecule has 176 valence electrons. The van der Waals surface area contributed by atoms with Crippen LogP contribution < -0.4 is 9.47 Å². The molecule has 0 aliphatic heterocycles. The van der Waals surface area contributed by atoms with Gasteiger partial charge in [0.05, 0.1) is 18.5 Å². The van der Waals surface area contributed by atoms with Gasteiger partial charge in [0, 0.05) is 22.7 Å². The van der Waals surface area contributed by atoms with E-state index in [0.29, 0.717) is 23.1 Å². The molecule has 0 spiro atoms. The number of benzene rings is 2. The minimum absolute atomic E-state index is 0.0739. The number of halogens is 3. The molecular formula is C24H24F3NO5. The number of carboxylic acids is 1. The predicted octanol–water partition coefficient (Wildman–Crippen LogP) is 5.60. The fourth-order valence-electron chi connectivity index (χ4n) is 4.05. The van der Waals surface area contributed by atoms with E-state index in [4.69, 9.17) is 4.74 Å². The normalized spacial score (nSPS) is 13.2. The second-order valence-corrected chi connectivity index (χ2v) is 7.75. The van der Waals surface area contributed by atoms with Crippen LogP contribution in [0.15, 0.2) is 36.4 Å². The highest BCUT2D eigenvalue weighted by Gasteiger charge is 2.33. The van der Waals surface area contributed by atoms with Gasteiger partial charge in [0.1, 0.15) is 5.75 Å². The SMILES string of the molecule is CCC(C)C(C(=O)O)c1c(C)n(C(=O)c2ccc(OC(F)F)cc2)c2cc(F)c(OC)cc12. The van der Waals surface area contributed by atoms with Crippen molar-refractivity contribution < 1.29 is 37.3 Å². The highest BCUT2D eigenvalue weighted by molar-refractivity contribution is 6.05. The first kappa shape index (κ1) is 24.2. The summed E-state index contributed by atoms with van der Waals surface area (Å²) in [6.07, 6.45) is 0.570. The maximum Gasteiger partial charge on any atom is 0.387 e. The van der Waals surface area contributed by atoms with Crippen molar-refractivity contribution >= 4 is 22.8 Å². The van der Waals surface area contributed by atoms with Crippen molar-refractivity contribution in [2.24, 2.45) is 5.92 Å². The van der Waals surface area contributed by atoms with E-state index in [-0.39, 0.29) is 28.5 Å². The van der Waals surface area contributed by atoms with Crippen molar-refractivity contribution in [2.45, 2.75) is 39.7 Å². The van der Waals surface area contributed by atoms with Gasteiger partial charge < -0.3 is 14.6 Å². The van der Waals surface area contributed by atoms with Gasteiger partial charge in [-0.15, -0.1) is 0 Å². The predicted molar refractivity (Wildman–Crippen MR) is 116 cm³/mol. The van der Waals surface area contributed by atoms with Crippen LogP contribution in [0.3, 0.4) is 0 Å². The Balaban J connectivity index is 2.25. The molecule has 1 heterocycles. The number of fused-ring (bicyclic) bond motifs is 1. The number of carbonyl (C=O) groups is 2. The molecular weight excluding hydrogens is 439 g/mol. The number of ether oxygens (including phenoxy) is 2. The van der Waals surface area contributed by atoms with Gasteiger partial charge in [-0.2, -0.15) is 8.78 Å². The summed E-state index contributed by atoms with van der Waals surface area (Å²) in [5.74, 6) is -3.73. The van der Waals surface area contributed by atoms with Gasteiger partial charge in [0.15, 0.2) is 11.6 Å². The Morgan fingerprint density at radius 1 is 1.15 bits per heavy atom. The molecule has 1 aromatic heterocycles. The Hall–Kier alpha value is -3.49. The highest BCUT2D eigenvalue weighted by Crippen LogP contribution is 2.39. The first-order chi connectivity index (χ1) is 15.6. The molecule has 0 bridgehead atoms. The zero-order valence-corrected chi connectivity index (χ0v) is 18.6. The van der Waals surface area contributed by atoms with Crippen molar-refractivity contribution in [3.05, 3.63) is 59.0 Å². The molecule has 33 heavy (non-hydrogen) atoms. The van der Waals surface area contributed by atoms with Gasteiger partial charge in [-0.05, 0) is 48.7 Å². The molecule has 0 saturated carbocycles. The summed E-state index contributed by atoms with van der Waals surface area (Å²) >= 11 is 0. The zero-order valence-electron chi connectivity index (χ0n) is 18.6. The van der Waals surface area contributed by atoms with Gasteiger partial charge in [-0.25, -0.2) is 4.39 Å². The molecule has 2 unspecified atom stereocenters. The number of carbonyl (C=O) groups excluding carboxylic acids is 1. The van der Waals surface area contributed by atoms with Crippen LogP contribution in [0.1, 0.15) is 47.8 Å². The van der Waals surface area contributed by atoms with E-state index >= 15 is 0 Å². The Morgan fingerprint density at radius 3 is 2.30 bits per heavy atom. The molecule has 2 aromatic carbocycles. The third kappa shape index (κ3) is 4.53. The summed E-state index contributed by atoms with van der Waals surface area (Å²) in [7, 11) is 1.30. The number of nitrogens with zero attached hydrogens (tertiary/aromatic N) is 1. The number of alkyl halides is 2. The second-order valence-electron chi connectivity index (χ2n) is 7.75. The lowest BCUT2D eigenvalue weighted by molar-refractivity contribution is -0.140. The molecule has 0 aliphatic rings. The molecule has 3 rings (SSSR count).